The van der Waals surface area contributed by atoms with Gasteiger partial charge in [0, 0.05) is 15.8 Å². The van der Waals surface area contributed by atoms with Gasteiger partial charge in [-0.3, -0.25) is 4.72 Å². The Morgan fingerprint density at radius 1 is 1.12 bits per heavy atom. The number of carbonyl (C=O) groups excluding carboxylic acids is 1. The molecule has 0 aliphatic heterocycles. The topological polar surface area (TPSA) is 100 Å². The zero-order chi connectivity index (χ0) is 18.9. The third-order valence-corrected chi connectivity index (χ3v) is 5.85. The standard InChI is InChI=1S/C16H15BrN4O3S2/c1-9-7-10(3-5-12(9)17)18-15(22)19-11-4-6-13-14(8-11)25-16(20-13)21-26(2,23)24/h3-8H,1-2H3,(H,20,21)(H2,18,19,22). The van der Waals surface area contributed by atoms with Crippen LogP contribution in [0.3, 0.4) is 0 Å². The summed E-state index contributed by atoms with van der Waals surface area (Å²) in [5.74, 6) is 0. The van der Waals surface area contributed by atoms with Gasteiger partial charge >= 0.3 is 6.03 Å². The fraction of sp³-hybridized carbons (Fsp3) is 0.125. The van der Waals surface area contributed by atoms with Gasteiger partial charge in [-0.15, -0.1) is 0 Å². The van der Waals surface area contributed by atoms with E-state index in [9.17, 15) is 13.2 Å². The molecule has 0 spiro atoms. The molecule has 10 heteroatoms. The van der Waals surface area contributed by atoms with Crippen molar-refractivity contribution in [3.63, 3.8) is 0 Å². The van der Waals surface area contributed by atoms with Crippen molar-refractivity contribution in [3.05, 3.63) is 46.4 Å². The quantitative estimate of drug-likeness (QED) is 0.544. The van der Waals surface area contributed by atoms with Crippen molar-refractivity contribution in [1.82, 2.24) is 4.98 Å². The number of fused-ring (bicyclic) bond motifs is 1. The minimum Gasteiger partial charge on any atom is -0.308 e. The Morgan fingerprint density at radius 2 is 1.77 bits per heavy atom. The van der Waals surface area contributed by atoms with Crippen LogP contribution in [0.1, 0.15) is 5.56 Å². The lowest BCUT2D eigenvalue weighted by Gasteiger charge is -2.09. The molecule has 3 N–H and O–H groups in total. The van der Waals surface area contributed by atoms with Crippen LogP contribution in [0.5, 0.6) is 0 Å². The number of hydrogen-bond donors (Lipinski definition) is 3. The van der Waals surface area contributed by atoms with Crippen LogP contribution in [0.25, 0.3) is 10.2 Å². The molecule has 3 aromatic rings. The Morgan fingerprint density at radius 3 is 2.42 bits per heavy atom. The molecule has 0 bridgehead atoms. The van der Waals surface area contributed by atoms with E-state index in [2.05, 4.69) is 36.3 Å². The third-order valence-electron chi connectivity index (χ3n) is 3.33. The largest absolute Gasteiger partial charge is 0.323 e. The SMILES string of the molecule is Cc1cc(NC(=O)Nc2ccc3nc(NS(C)(=O)=O)sc3c2)ccc1Br. The number of nitrogens with one attached hydrogen (secondary N) is 3. The molecule has 2 amide bonds. The molecule has 2 aromatic carbocycles. The number of halogens is 1. The lowest BCUT2D eigenvalue weighted by molar-refractivity contribution is 0.262. The van der Waals surface area contributed by atoms with Crippen LogP contribution < -0.4 is 15.4 Å². The van der Waals surface area contributed by atoms with Gasteiger partial charge in [0.1, 0.15) is 0 Å². The van der Waals surface area contributed by atoms with Crippen LogP contribution in [0.2, 0.25) is 0 Å². The highest BCUT2D eigenvalue weighted by molar-refractivity contribution is 9.10. The molecule has 0 aliphatic carbocycles. The summed E-state index contributed by atoms with van der Waals surface area (Å²) < 4.78 is 26.7. The van der Waals surface area contributed by atoms with Crippen LogP contribution >= 0.6 is 27.3 Å². The Labute approximate surface area is 163 Å². The highest BCUT2D eigenvalue weighted by Crippen LogP contribution is 2.29. The van der Waals surface area contributed by atoms with Crippen molar-refractivity contribution in [3.8, 4) is 0 Å². The van der Waals surface area contributed by atoms with E-state index < -0.39 is 10.0 Å². The van der Waals surface area contributed by atoms with Crippen molar-refractivity contribution < 1.29 is 13.2 Å². The molecule has 0 unspecified atom stereocenters. The average Bonchev–Trinajstić information content (AvgIpc) is 2.90. The number of sulfonamides is 1. The van der Waals surface area contributed by atoms with E-state index in [4.69, 9.17) is 0 Å². The first-order chi connectivity index (χ1) is 12.2. The normalized spacial score (nSPS) is 11.3. The summed E-state index contributed by atoms with van der Waals surface area (Å²) in [5.41, 5.74) is 2.93. The van der Waals surface area contributed by atoms with E-state index in [0.29, 0.717) is 16.9 Å². The third kappa shape index (κ3) is 4.71. The zero-order valence-corrected chi connectivity index (χ0v) is 17.0. The van der Waals surface area contributed by atoms with Gasteiger partial charge in [-0.1, -0.05) is 27.3 Å². The van der Waals surface area contributed by atoms with Gasteiger partial charge in [-0.2, -0.15) is 0 Å². The molecule has 26 heavy (non-hydrogen) atoms. The van der Waals surface area contributed by atoms with Gasteiger partial charge in [0.05, 0.1) is 16.5 Å². The second-order valence-electron chi connectivity index (χ2n) is 5.62. The van der Waals surface area contributed by atoms with E-state index in [-0.39, 0.29) is 11.2 Å². The maximum atomic E-state index is 12.2. The lowest BCUT2D eigenvalue weighted by Crippen LogP contribution is -2.19. The molecule has 0 saturated carbocycles. The van der Waals surface area contributed by atoms with Gasteiger partial charge in [-0.05, 0) is 48.9 Å². The van der Waals surface area contributed by atoms with Gasteiger partial charge in [0.25, 0.3) is 0 Å². The van der Waals surface area contributed by atoms with E-state index >= 15 is 0 Å². The number of nitrogens with zero attached hydrogens (tertiary/aromatic N) is 1. The fourth-order valence-electron chi connectivity index (χ4n) is 2.22. The Bertz CT molecular complexity index is 1100. The number of carbonyl (C=O) groups is 1. The van der Waals surface area contributed by atoms with E-state index in [1.807, 2.05) is 19.1 Å². The molecular formula is C16H15BrN4O3S2. The zero-order valence-electron chi connectivity index (χ0n) is 13.8. The minimum atomic E-state index is -3.38. The molecule has 1 heterocycles. The summed E-state index contributed by atoms with van der Waals surface area (Å²) in [6, 6.07) is 10.3. The average molecular weight is 455 g/mol. The molecular weight excluding hydrogens is 440 g/mol. The highest BCUT2D eigenvalue weighted by atomic mass is 79.9. The van der Waals surface area contributed by atoms with Crippen LogP contribution in [0, 0.1) is 6.92 Å². The molecule has 136 valence electrons. The molecule has 7 nitrogen and oxygen atoms in total. The number of hydrogen-bond acceptors (Lipinski definition) is 5. The van der Waals surface area contributed by atoms with E-state index in [1.54, 1.807) is 24.3 Å². The number of amides is 2. The smallest absolute Gasteiger partial charge is 0.308 e. The summed E-state index contributed by atoms with van der Waals surface area (Å²) in [7, 11) is -3.38. The number of aryl methyl sites for hydroxylation is 1. The summed E-state index contributed by atoms with van der Waals surface area (Å²) in [5, 5.41) is 5.81. The monoisotopic (exact) mass is 454 g/mol. The number of urea groups is 1. The highest BCUT2D eigenvalue weighted by Gasteiger charge is 2.10. The van der Waals surface area contributed by atoms with Crippen molar-refractivity contribution in [1.29, 1.82) is 0 Å². The van der Waals surface area contributed by atoms with Gasteiger partial charge in [0.2, 0.25) is 10.0 Å². The Hall–Kier alpha value is -2.17. The number of thiazole rings is 1. The Kier molecular flexibility index (Phi) is 5.17. The maximum absolute atomic E-state index is 12.2. The van der Waals surface area contributed by atoms with E-state index in [1.165, 1.54) is 11.3 Å². The van der Waals surface area contributed by atoms with Crippen molar-refractivity contribution in [2.45, 2.75) is 6.92 Å². The molecule has 0 radical (unpaired) electrons. The first kappa shape index (κ1) is 18.6. The molecule has 0 fully saturated rings. The van der Waals surface area contributed by atoms with Crippen molar-refractivity contribution in [2.75, 3.05) is 21.6 Å². The van der Waals surface area contributed by atoms with Crippen molar-refractivity contribution >= 4 is 70.0 Å². The summed E-state index contributed by atoms with van der Waals surface area (Å²) in [4.78, 5) is 16.4. The molecule has 3 rings (SSSR count). The lowest BCUT2D eigenvalue weighted by atomic mass is 10.2. The Balaban J connectivity index is 1.73. The predicted molar refractivity (Wildman–Crippen MR) is 110 cm³/mol. The van der Waals surface area contributed by atoms with Gasteiger partial charge in [0.15, 0.2) is 5.13 Å². The van der Waals surface area contributed by atoms with E-state index in [0.717, 1.165) is 21.0 Å². The van der Waals surface area contributed by atoms with Crippen LogP contribution in [0.15, 0.2) is 40.9 Å². The number of benzene rings is 2. The van der Waals surface area contributed by atoms with Gasteiger partial charge in [-0.25, -0.2) is 18.2 Å². The molecule has 0 saturated heterocycles. The van der Waals surface area contributed by atoms with Crippen molar-refractivity contribution in [2.24, 2.45) is 0 Å². The second-order valence-corrected chi connectivity index (χ2v) is 9.25. The van der Waals surface area contributed by atoms with Crippen LogP contribution in [0.4, 0.5) is 21.3 Å². The molecule has 0 aliphatic rings. The number of aromatic nitrogens is 1. The maximum Gasteiger partial charge on any atom is 0.323 e. The second kappa shape index (κ2) is 7.22. The molecule has 1 aromatic heterocycles. The van der Waals surface area contributed by atoms with Gasteiger partial charge < -0.3 is 10.6 Å². The molecule has 0 atom stereocenters. The minimum absolute atomic E-state index is 0.287. The predicted octanol–water partition coefficient (Wildman–Crippen LogP) is 4.38. The first-order valence-corrected chi connectivity index (χ1v) is 10.9. The number of anilines is 3. The number of rotatable bonds is 4. The van der Waals surface area contributed by atoms with Crippen LogP contribution in [-0.4, -0.2) is 25.7 Å². The fourth-order valence-corrected chi connectivity index (χ4v) is 4.21. The van der Waals surface area contributed by atoms with Crippen LogP contribution in [-0.2, 0) is 10.0 Å². The summed E-state index contributed by atoms with van der Waals surface area (Å²) in [6.45, 7) is 1.94. The summed E-state index contributed by atoms with van der Waals surface area (Å²) >= 11 is 4.61. The summed E-state index contributed by atoms with van der Waals surface area (Å²) in [6.07, 6.45) is 1.07. The first-order valence-electron chi connectivity index (χ1n) is 7.42.